The Kier molecular flexibility index (Phi) is 3.26. The van der Waals surface area contributed by atoms with Crippen molar-refractivity contribution >= 4 is 0 Å². The highest BCUT2D eigenvalue weighted by atomic mass is 15.3. The monoisotopic (exact) mass is 217 g/mol. The molecule has 0 aliphatic heterocycles. The number of nitrogens with zero attached hydrogens (tertiary/aromatic N) is 4. The minimum atomic E-state index is 0.0257. The van der Waals surface area contributed by atoms with Crippen molar-refractivity contribution in [3.8, 4) is 0 Å². The number of rotatable bonds is 4. The Labute approximate surface area is 94.3 Å². The third-order valence-electron chi connectivity index (χ3n) is 2.45. The molecule has 84 valence electrons. The minimum Gasteiger partial charge on any atom is -0.327 e. The normalized spacial score (nSPS) is 12.6. The first-order valence-corrected chi connectivity index (χ1v) is 5.24. The van der Waals surface area contributed by atoms with Crippen LogP contribution < -0.4 is 5.73 Å². The van der Waals surface area contributed by atoms with Crippen molar-refractivity contribution in [2.24, 2.45) is 12.8 Å². The number of pyridine rings is 1. The van der Waals surface area contributed by atoms with Gasteiger partial charge in [-0.2, -0.15) is 5.10 Å². The summed E-state index contributed by atoms with van der Waals surface area (Å²) in [6, 6.07) is 5.88. The van der Waals surface area contributed by atoms with Gasteiger partial charge in [0.2, 0.25) is 0 Å². The molecular formula is C11H15N5. The van der Waals surface area contributed by atoms with Gasteiger partial charge in [0.05, 0.1) is 0 Å². The van der Waals surface area contributed by atoms with E-state index in [2.05, 4.69) is 15.1 Å². The Hall–Kier alpha value is -1.75. The quantitative estimate of drug-likeness (QED) is 0.801. The Morgan fingerprint density at radius 3 is 2.81 bits per heavy atom. The zero-order valence-corrected chi connectivity index (χ0v) is 9.24. The summed E-state index contributed by atoms with van der Waals surface area (Å²) < 4.78 is 1.75. The minimum absolute atomic E-state index is 0.0257. The summed E-state index contributed by atoms with van der Waals surface area (Å²) in [4.78, 5) is 8.40. The molecule has 2 rings (SSSR count). The predicted molar refractivity (Wildman–Crippen MR) is 60.6 cm³/mol. The molecule has 0 saturated carbocycles. The van der Waals surface area contributed by atoms with Gasteiger partial charge in [-0.05, 0) is 12.1 Å². The number of aromatic nitrogens is 4. The average molecular weight is 217 g/mol. The van der Waals surface area contributed by atoms with Crippen molar-refractivity contribution in [2.75, 3.05) is 0 Å². The molecule has 5 nitrogen and oxygen atoms in total. The molecule has 0 radical (unpaired) electrons. The fraction of sp³-hybridized carbons (Fsp3) is 0.364. The van der Waals surface area contributed by atoms with E-state index in [1.165, 1.54) is 0 Å². The third kappa shape index (κ3) is 2.64. The predicted octanol–water partition coefficient (Wildman–Crippen LogP) is 0.323. The van der Waals surface area contributed by atoms with Gasteiger partial charge in [0, 0.05) is 37.8 Å². The first-order chi connectivity index (χ1) is 7.75. The molecule has 0 aliphatic rings. The van der Waals surface area contributed by atoms with Crippen LogP contribution in [0.2, 0.25) is 0 Å². The fourth-order valence-corrected chi connectivity index (χ4v) is 1.60. The van der Waals surface area contributed by atoms with Crippen LogP contribution in [0.15, 0.2) is 30.7 Å². The molecule has 1 unspecified atom stereocenters. The van der Waals surface area contributed by atoms with E-state index in [0.717, 1.165) is 17.9 Å². The molecule has 2 aromatic heterocycles. The van der Waals surface area contributed by atoms with Crippen molar-refractivity contribution in [3.05, 3.63) is 42.2 Å². The molecule has 2 N–H and O–H groups in total. The molecule has 0 aromatic carbocycles. The molecule has 16 heavy (non-hydrogen) atoms. The molecule has 0 spiro atoms. The third-order valence-corrected chi connectivity index (χ3v) is 2.45. The van der Waals surface area contributed by atoms with Crippen molar-refractivity contribution in [3.63, 3.8) is 0 Å². The Morgan fingerprint density at radius 1 is 1.31 bits per heavy atom. The molecular weight excluding hydrogens is 202 g/mol. The molecule has 1 atom stereocenters. The maximum Gasteiger partial charge on any atom is 0.138 e. The summed E-state index contributed by atoms with van der Waals surface area (Å²) in [6.45, 7) is 0. The van der Waals surface area contributed by atoms with Gasteiger partial charge in [0.25, 0.3) is 0 Å². The molecule has 0 aliphatic carbocycles. The van der Waals surface area contributed by atoms with E-state index in [4.69, 9.17) is 5.73 Å². The van der Waals surface area contributed by atoms with E-state index in [-0.39, 0.29) is 6.04 Å². The summed E-state index contributed by atoms with van der Waals surface area (Å²) in [5.74, 6) is 0.906. The van der Waals surface area contributed by atoms with Crippen molar-refractivity contribution < 1.29 is 0 Å². The summed E-state index contributed by atoms with van der Waals surface area (Å²) in [5, 5.41) is 4.01. The number of hydrogen-bond acceptors (Lipinski definition) is 4. The van der Waals surface area contributed by atoms with E-state index in [1.54, 1.807) is 17.2 Å². The smallest absolute Gasteiger partial charge is 0.138 e. The van der Waals surface area contributed by atoms with Crippen LogP contribution in [0.3, 0.4) is 0 Å². The van der Waals surface area contributed by atoms with E-state index < -0.39 is 0 Å². The Morgan fingerprint density at radius 2 is 2.19 bits per heavy atom. The molecule has 0 fully saturated rings. The number of aryl methyl sites for hydroxylation is 1. The zero-order chi connectivity index (χ0) is 11.4. The highest BCUT2D eigenvalue weighted by Gasteiger charge is 2.09. The van der Waals surface area contributed by atoms with Crippen LogP contribution in [0.5, 0.6) is 0 Å². The highest BCUT2D eigenvalue weighted by Crippen LogP contribution is 2.02. The van der Waals surface area contributed by atoms with Crippen LogP contribution in [0.1, 0.15) is 11.5 Å². The maximum atomic E-state index is 6.04. The lowest BCUT2D eigenvalue weighted by molar-refractivity contribution is 0.597. The second-order valence-corrected chi connectivity index (χ2v) is 3.79. The van der Waals surface area contributed by atoms with Gasteiger partial charge in [0.1, 0.15) is 12.2 Å². The summed E-state index contributed by atoms with van der Waals surface area (Å²) in [5.41, 5.74) is 7.06. The van der Waals surface area contributed by atoms with Crippen molar-refractivity contribution in [2.45, 2.75) is 18.9 Å². The van der Waals surface area contributed by atoms with Crippen molar-refractivity contribution in [1.82, 2.24) is 19.7 Å². The van der Waals surface area contributed by atoms with Gasteiger partial charge < -0.3 is 5.73 Å². The lowest BCUT2D eigenvalue weighted by atomic mass is 10.1. The number of hydrogen-bond donors (Lipinski definition) is 1. The van der Waals surface area contributed by atoms with Crippen LogP contribution in [0, 0.1) is 0 Å². The fourth-order valence-electron chi connectivity index (χ4n) is 1.60. The van der Waals surface area contributed by atoms with Gasteiger partial charge in [0.15, 0.2) is 0 Å². The lowest BCUT2D eigenvalue weighted by Crippen LogP contribution is -2.27. The first-order valence-electron chi connectivity index (χ1n) is 5.24. The van der Waals surface area contributed by atoms with Crippen LogP contribution >= 0.6 is 0 Å². The molecule has 0 bridgehead atoms. The van der Waals surface area contributed by atoms with Gasteiger partial charge >= 0.3 is 0 Å². The topological polar surface area (TPSA) is 69.6 Å². The number of nitrogens with two attached hydrogens (primary N) is 1. The first kappa shape index (κ1) is 10.8. The maximum absolute atomic E-state index is 6.04. The molecule has 2 heterocycles. The van der Waals surface area contributed by atoms with E-state index in [0.29, 0.717) is 6.42 Å². The van der Waals surface area contributed by atoms with Crippen LogP contribution in [-0.2, 0) is 19.9 Å². The van der Waals surface area contributed by atoms with Crippen molar-refractivity contribution in [1.29, 1.82) is 0 Å². The zero-order valence-electron chi connectivity index (χ0n) is 9.24. The second kappa shape index (κ2) is 4.85. The van der Waals surface area contributed by atoms with Crippen LogP contribution in [0.4, 0.5) is 0 Å². The summed E-state index contributed by atoms with van der Waals surface area (Å²) >= 11 is 0. The van der Waals surface area contributed by atoms with E-state index in [9.17, 15) is 0 Å². The summed E-state index contributed by atoms with van der Waals surface area (Å²) in [7, 11) is 1.87. The SMILES string of the molecule is Cn1ncnc1CC(N)Cc1ccccn1. The lowest BCUT2D eigenvalue weighted by Gasteiger charge is -2.09. The van der Waals surface area contributed by atoms with E-state index >= 15 is 0 Å². The summed E-state index contributed by atoms with van der Waals surface area (Å²) in [6.07, 6.45) is 4.80. The highest BCUT2D eigenvalue weighted by molar-refractivity contribution is 5.06. The van der Waals surface area contributed by atoms with Gasteiger partial charge in [-0.25, -0.2) is 4.98 Å². The molecule has 2 aromatic rings. The average Bonchev–Trinajstić information content (AvgIpc) is 2.66. The van der Waals surface area contributed by atoms with E-state index in [1.807, 2.05) is 25.2 Å². The molecule has 0 amide bonds. The van der Waals surface area contributed by atoms with Gasteiger partial charge in [-0.1, -0.05) is 6.07 Å². The van der Waals surface area contributed by atoms with Gasteiger partial charge in [-0.15, -0.1) is 0 Å². The Balaban J connectivity index is 1.95. The second-order valence-electron chi connectivity index (χ2n) is 3.79. The Bertz CT molecular complexity index is 437. The molecule has 0 saturated heterocycles. The molecule has 5 heteroatoms. The standard InChI is InChI=1S/C11H15N5/c1-16-11(14-8-15-16)7-9(12)6-10-4-2-3-5-13-10/h2-5,8-9H,6-7,12H2,1H3. The van der Waals surface area contributed by atoms with Crippen LogP contribution in [0.25, 0.3) is 0 Å². The largest absolute Gasteiger partial charge is 0.327 e. The van der Waals surface area contributed by atoms with Gasteiger partial charge in [-0.3, -0.25) is 9.67 Å². The van der Waals surface area contributed by atoms with Crippen LogP contribution in [-0.4, -0.2) is 25.8 Å².